The molecule has 1 heterocycles. The summed E-state index contributed by atoms with van der Waals surface area (Å²) < 4.78 is 51.0. The van der Waals surface area contributed by atoms with E-state index in [1.165, 1.54) is 47.8 Å². The first kappa shape index (κ1) is 21.9. The molecule has 9 heteroatoms. The summed E-state index contributed by atoms with van der Waals surface area (Å²) in [6.45, 7) is 2.90. The number of nitrogens with one attached hydrogen (secondary N) is 1. The van der Waals surface area contributed by atoms with E-state index in [1.54, 1.807) is 19.1 Å². The van der Waals surface area contributed by atoms with E-state index in [0.717, 1.165) is 0 Å². The lowest BCUT2D eigenvalue weighted by Gasteiger charge is -2.26. The third kappa shape index (κ3) is 5.05. The number of benzene rings is 2. The zero-order valence-electron chi connectivity index (χ0n) is 16.7. The zero-order chi connectivity index (χ0) is 21.7. The summed E-state index contributed by atoms with van der Waals surface area (Å²) in [5.74, 6) is -0.573. The molecular formula is C21H23FN2O5S. The maximum Gasteiger partial charge on any atom is 0.248 e. The predicted octanol–water partition coefficient (Wildman–Crippen LogP) is 2.82. The highest BCUT2D eigenvalue weighted by Gasteiger charge is 2.29. The van der Waals surface area contributed by atoms with Crippen molar-refractivity contribution in [2.45, 2.75) is 11.8 Å². The molecule has 1 aliphatic rings. The Morgan fingerprint density at radius 1 is 1.20 bits per heavy atom. The maximum atomic E-state index is 13.2. The van der Waals surface area contributed by atoms with E-state index in [4.69, 9.17) is 9.47 Å². The summed E-state index contributed by atoms with van der Waals surface area (Å²) in [6, 6.07) is 8.75. The summed E-state index contributed by atoms with van der Waals surface area (Å²) in [6.07, 6.45) is 2.79. The molecule has 0 saturated carbocycles. The molecule has 0 atom stereocenters. The van der Waals surface area contributed by atoms with Crippen molar-refractivity contribution in [2.75, 3.05) is 38.7 Å². The summed E-state index contributed by atoms with van der Waals surface area (Å²) in [5.41, 5.74) is 1.62. The van der Waals surface area contributed by atoms with Crippen LogP contribution in [0.3, 0.4) is 0 Å². The number of hydrogen-bond acceptors (Lipinski definition) is 5. The van der Waals surface area contributed by atoms with E-state index >= 15 is 0 Å². The Morgan fingerprint density at radius 3 is 2.60 bits per heavy atom. The minimum Gasteiger partial charge on any atom is -0.495 e. The molecule has 1 fully saturated rings. The lowest BCUT2D eigenvalue weighted by atomic mass is 10.2. The average molecular weight is 434 g/mol. The number of sulfonamides is 1. The molecule has 1 aliphatic heterocycles. The standard InChI is InChI=1S/C21H23FN2O5S/c1-15-13-17(22)5-6-18(15)23-21(25)8-4-16-3-7-19(28-2)20(14-16)30(26,27)24-9-11-29-12-10-24/h3-8,13-14H,9-12H2,1-2H3,(H,23,25). The largest absolute Gasteiger partial charge is 0.495 e. The van der Waals surface area contributed by atoms with Crippen LogP contribution in [0.4, 0.5) is 10.1 Å². The molecule has 3 rings (SSSR count). The molecule has 0 unspecified atom stereocenters. The number of carbonyl (C=O) groups excluding carboxylic acids is 1. The van der Waals surface area contributed by atoms with Gasteiger partial charge in [0.05, 0.1) is 20.3 Å². The molecule has 0 spiro atoms. The molecule has 160 valence electrons. The van der Waals surface area contributed by atoms with Gasteiger partial charge in [-0.3, -0.25) is 4.79 Å². The van der Waals surface area contributed by atoms with Gasteiger partial charge in [0.2, 0.25) is 15.9 Å². The van der Waals surface area contributed by atoms with Crippen molar-refractivity contribution >= 4 is 27.7 Å². The van der Waals surface area contributed by atoms with Gasteiger partial charge >= 0.3 is 0 Å². The number of anilines is 1. The van der Waals surface area contributed by atoms with Crippen molar-refractivity contribution in [2.24, 2.45) is 0 Å². The first-order valence-electron chi connectivity index (χ1n) is 9.32. The van der Waals surface area contributed by atoms with Crippen LogP contribution in [0.15, 0.2) is 47.4 Å². The van der Waals surface area contributed by atoms with Gasteiger partial charge in [-0.25, -0.2) is 12.8 Å². The highest BCUT2D eigenvalue weighted by molar-refractivity contribution is 7.89. The molecule has 0 aromatic heterocycles. The minimum absolute atomic E-state index is 0.0313. The molecule has 1 amide bonds. The molecule has 0 bridgehead atoms. The first-order valence-corrected chi connectivity index (χ1v) is 10.8. The predicted molar refractivity (Wildman–Crippen MR) is 111 cm³/mol. The Kier molecular flexibility index (Phi) is 6.86. The van der Waals surface area contributed by atoms with Crippen molar-refractivity contribution in [1.82, 2.24) is 4.31 Å². The molecule has 0 radical (unpaired) electrons. The van der Waals surface area contributed by atoms with Crippen molar-refractivity contribution in [3.63, 3.8) is 0 Å². The molecule has 1 N–H and O–H groups in total. The van der Waals surface area contributed by atoms with Crippen LogP contribution >= 0.6 is 0 Å². The Morgan fingerprint density at radius 2 is 1.93 bits per heavy atom. The van der Waals surface area contributed by atoms with Crippen LogP contribution in [0, 0.1) is 12.7 Å². The lowest BCUT2D eigenvalue weighted by molar-refractivity contribution is -0.111. The number of morpholine rings is 1. The molecular weight excluding hydrogens is 411 g/mol. The number of ether oxygens (including phenoxy) is 2. The van der Waals surface area contributed by atoms with Gasteiger partial charge in [0.1, 0.15) is 16.5 Å². The second-order valence-corrected chi connectivity index (χ2v) is 8.61. The number of aryl methyl sites for hydroxylation is 1. The smallest absolute Gasteiger partial charge is 0.248 e. The van der Waals surface area contributed by atoms with E-state index < -0.39 is 15.9 Å². The second kappa shape index (κ2) is 9.38. The van der Waals surface area contributed by atoms with Gasteiger partial charge in [0.25, 0.3) is 0 Å². The van der Waals surface area contributed by atoms with Crippen molar-refractivity contribution in [1.29, 1.82) is 0 Å². The van der Waals surface area contributed by atoms with E-state index in [1.807, 2.05) is 0 Å². The SMILES string of the molecule is COc1ccc(C=CC(=O)Nc2ccc(F)cc2C)cc1S(=O)(=O)N1CCOCC1. The van der Waals surface area contributed by atoms with Gasteiger partial charge in [-0.1, -0.05) is 6.07 Å². The van der Waals surface area contributed by atoms with Crippen LogP contribution in [0.2, 0.25) is 0 Å². The van der Waals surface area contributed by atoms with Crippen LogP contribution in [0.1, 0.15) is 11.1 Å². The fourth-order valence-corrected chi connectivity index (χ4v) is 4.64. The second-order valence-electron chi connectivity index (χ2n) is 6.71. The number of hydrogen-bond donors (Lipinski definition) is 1. The van der Waals surface area contributed by atoms with Crippen LogP contribution in [0.25, 0.3) is 6.08 Å². The highest BCUT2D eigenvalue weighted by Crippen LogP contribution is 2.29. The van der Waals surface area contributed by atoms with Crippen LogP contribution in [0.5, 0.6) is 5.75 Å². The number of halogens is 1. The molecule has 2 aromatic rings. The summed E-state index contributed by atoms with van der Waals surface area (Å²) in [5, 5.41) is 2.67. The van der Waals surface area contributed by atoms with Gasteiger partial charge in [-0.15, -0.1) is 0 Å². The van der Waals surface area contributed by atoms with Crippen molar-refractivity contribution in [3.8, 4) is 5.75 Å². The molecule has 7 nitrogen and oxygen atoms in total. The van der Waals surface area contributed by atoms with Crippen LogP contribution < -0.4 is 10.1 Å². The minimum atomic E-state index is -3.77. The molecule has 30 heavy (non-hydrogen) atoms. The molecule has 2 aromatic carbocycles. The van der Waals surface area contributed by atoms with Gasteiger partial charge in [-0.2, -0.15) is 4.31 Å². The third-order valence-electron chi connectivity index (χ3n) is 4.65. The summed E-state index contributed by atoms with van der Waals surface area (Å²) in [7, 11) is -2.36. The van der Waals surface area contributed by atoms with E-state index in [-0.39, 0.29) is 29.6 Å². The topological polar surface area (TPSA) is 84.9 Å². The van der Waals surface area contributed by atoms with Crippen molar-refractivity contribution < 1.29 is 27.1 Å². The Labute approximate surface area is 175 Å². The zero-order valence-corrected chi connectivity index (χ0v) is 17.5. The van der Waals surface area contributed by atoms with Gasteiger partial charge in [0, 0.05) is 24.9 Å². The third-order valence-corrected chi connectivity index (χ3v) is 6.57. The fraction of sp³-hybridized carbons (Fsp3) is 0.286. The Bertz CT molecular complexity index is 1060. The monoisotopic (exact) mass is 434 g/mol. The van der Waals surface area contributed by atoms with E-state index in [2.05, 4.69) is 5.32 Å². The summed E-state index contributed by atoms with van der Waals surface area (Å²) >= 11 is 0. The van der Waals surface area contributed by atoms with Gasteiger partial charge in [-0.05, 0) is 54.5 Å². The fourth-order valence-electron chi connectivity index (χ4n) is 3.04. The van der Waals surface area contributed by atoms with Crippen molar-refractivity contribution in [3.05, 3.63) is 59.4 Å². The Hall–Kier alpha value is -2.75. The summed E-state index contributed by atoms with van der Waals surface area (Å²) in [4.78, 5) is 12.2. The Balaban J connectivity index is 1.81. The van der Waals surface area contributed by atoms with Gasteiger partial charge < -0.3 is 14.8 Å². The quantitative estimate of drug-likeness (QED) is 0.707. The normalized spacial score (nSPS) is 15.3. The highest BCUT2D eigenvalue weighted by atomic mass is 32.2. The first-order chi connectivity index (χ1) is 14.3. The number of rotatable bonds is 6. The van der Waals surface area contributed by atoms with Gasteiger partial charge in [0.15, 0.2) is 0 Å². The molecule has 1 saturated heterocycles. The number of amides is 1. The number of methoxy groups -OCH3 is 1. The lowest BCUT2D eigenvalue weighted by Crippen LogP contribution is -2.40. The van der Waals surface area contributed by atoms with Crippen LogP contribution in [-0.4, -0.2) is 52.0 Å². The number of carbonyl (C=O) groups is 1. The maximum absolute atomic E-state index is 13.2. The number of nitrogens with zero attached hydrogens (tertiary/aromatic N) is 1. The average Bonchev–Trinajstić information content (AvgIpc) is 2.74. The molecule has 0 aliphatic carbocycles. The van der Waals surface area contributed by atoms with E-state index in [0.29, 0.717) is 30.0 Å². The van der Waals surface area contributed by atoms with Crippen LogP contribution in [-0.2, 0) is 19.6 Å². The van der Waals surface area contributed by atoms with E-state index in [9.17, 15) is 17.6 Å².